The van der Waals surface area contributed by atoms with E-state index < -0.39 is 61.1 Å². The van der Waals surface area contributed by atoms with Crippen molar-refractivity contribution in [2.75, 3.05) is 6.61 Å². The highest BCUT2D eigenvalue weighted by Gasteiger charge is 2.75. The van der Waals surface area contributed by atoms with Crippen molar-refractivity contribution in [1.29, 1.82) is 0 Å². The van der Waals surface area contributed by atoms with Gasteiger partial charge in [-0.25, -0.2) is 13.6 Å². The molecule has 1 N–H and O–H groups in total. The molecule has 0 amide bonds. The largest absolute Gasteiger partial charge is 0.455 e. The van der Waals surface area contributed by atoms with Crippen LogP contribution in [0.25, 0.3) is 0 Å². The number of alkyl halides is 10. The molecule has 0 radical (unpaired) electrons. The van der Waals surface area contributed by atoms with Crippen molar-refractivity contribution in [2.45, 2.75) is 56.5 Å². The van der Waals surface area contributed by atoms with Crippen molar-refractivity contribution in [1.82, 2.24) is 0 Å². The molecular weight excluding hydrogens is 382 g/mol. The van der Waals surface area contributed by atoms with Crippen molar-refractivity contribution < 1.29 is 58.5 Å². The third-order valence-corrected chi connectivity index (χ3v) is 2.92. The first kappa shape index (κ1) is 23.7. The number of hydrogen-bond acceptors (Lipinski definition) is 3. The van der Waals surface area contributed by atoms with Crippen molar-refractivity contribution in [3.8, 4) is 0 Å². The number of hydrogen-bond donors (Lipinski definition) is 1. The lowest BCUT2D eigenvalue weighted by atomic mass is 10.0. The number of carbonyl (C=O) groups excluding carboxylic acids is 1. The van der Waals surface area contributed by atoms with Gasteiger partial charge in [0.25, 0.3) is 0 Å². The predicted octanol–water partition coefficient (Wildman–Crippen LogP) is 3.74. The van der Waals surface area contributed by atoms with Crippen molar-refractivity contribution in [3.05, 3.63) is 0 Å². The molecule has 0 aliphatic heterocycles. The molecule has 150 valence electrons. The highest BCUT2D eigenvalue weighted by molar-refractivity contribution is 5.78. The van der Waals surface area contributed by atoms with Crippen LogP contribution in [0.1, 0.15) is 20.3 Å². The first-order valence-electron chi connectivity index (χ1n) is 6.56. The Balaban J connectivity index is 5.19. The SMILES string of the molecule is CC(C)CC(O)C(F)(F)C(=O)OCC(F)(F)C(F)(F)C(F)(F)C(F)F. The first-order valence-corrected chi connectivity index (χ1v) is 6.56. The van der Waals surface area contributed by atoms with Gasteiger partial charge in [-0.2, -0.15) is 35.1 Å². The molecule has 13 heteroatoms. The highest BCUT2D eigenvalue weighted by atomic mass is 19.4. The van der Waals surface area contributed by atoms with E-state index in [0.29, 0.717) is 0 Å². The summed E-state index contributed by atoms with van der Waals surface area (Å²) in [6.07, 6.45) is -8.63. The highest BCUT2D eigenvalue weighted by Crippen LogP contribution is 2.48. The van der Waals surface area contributed by atoms with Crippen LogP contribution in [0.3, 0.4) is 0 Å². The Morgan fingerprint density at radius 2 is 1.44 bits per heavy atom. The Hall–Kier alpha value is -1.27. The third kappa shape index (κ3) is 4.88. The standard InChI is InChI=1S/C12H14F10O3/c1-5(2)3-6(23)10(17,18)8(24)25-4-9(15,16)12(21,22)11(19,20)7(13)14/h5-7,23H,3-4H2,1-2H3. The van der Waals surface area contributed by atoms with Gasteiger partial charge in [-0.3, -0.25) is 0 Å². The number of carbonyl (C=O) groups is 1. The van der Waals surface area contributed by atoms with E-state index in [9.17, 15) is 48.7 Å². The van der Waals surface area contributed by atoms with Crippen LogP contribution in [0.2, 0.25) is 0 Å². The monoisotopic (exact) mass is 396 g/mol. The molecule has 3 nitrogen and oxygen atoms in total. The van der Waals surface area contributed by atoms with E-state index in [1.165, 1.54) is 13.8 Å². The zero-order chi connectivity index (χ0) is 20.4. The molecule has 0 aliphatic carbocycles. The smallest absolute Gasteiger partial charge is 0.381 e. The fourth-order valence-electron chi connectivity index (χ4n) is 1.45. The number of aliphatic hydroxyl groups excluding tert-OH is 1. The quantitative estimate of drug-likeness (QED) is 0.477. The topological polar surface area (TPSA) is 46.5 Å². The molecule has 0 heterocycles. The summed E-state index contributed by atoms with van der Waals surface area (Å²) in [6, 6.07) is 0. The second-order valence-corrected chi connectivity index (χ2v) is 5.55. The van der Waals surface area contributed by atoms with E-state index in [1.807, 2.05) is 0 Å². The molecule has 0 saturated heterocycles. The fraction of sp³-hybridized carbons (Fsp3) is 0.917. The molecule has 0 saturated carbocycles. The summed E-state index contributed by atoms with van der Waals surface area (Å²) >= 11 is 0. The van der Waals surface area contributed by atoms with Crippen molar-refractivity contribution >= 4 is 5.97 Å². The van der Waals surface area contributed by atoms with E-state index in [0.717, 1.165) is 0 Å². The lowest BCUT2D eigenvalue weighted by Crippen LogP contribution is -2.59. The molecule has 0 aromatic carbocycles. The maximum Gasteiger partial charge on any atom is 0.381 e. The van der Waals surface area contributed by atoms with Crippen LogP contribution in [0.15, 0.2) is 0 Å². The van der Waals surface area contributed by atoms with Gasteiger partial charge >= 0.3 is 36.1 Å². The van der Waals surface area contributed by atoms with Crippen LogP contribution >= 0.6 is 0 Å². The maximum atomic E-state index is 13.4. The van der Waals surface area contributed by atoms with Crippen LogP contribution in [-0.4, -0.2) is 53.9 Å². The van der Waals surface area contributed by atoms with Gasteiger partial charge in [-0.1, -0.05) is 13.8 Å². The Bertz CT molecular complexity index is 464. The lowest BCUT2D eigenvalue weighted by molar-refractivity contribution is -0.345. The van der Waals surface area contributed by atoms with Crippen LogP contribution in [0, 0.1) is 5.92 Å². The van der Waals surface area contributed by atoms with Crippen LogP contribution in [-0.2, 0) is 9.53 Å². The summed E-state index contributed by atoms with van der Waals surface area (Å²) in [7, 11) is 0. The zero-order valence-electron chi connectivity index (χ0n) is 12.7. The molecule has 1 atom stereocenters. The van der Waals surface area contributed by atoms with Gasteiger partial charge in [0.2, 0.25) is 0 Å². The molecule has 0 bridgehead atoms. The molecular formula is C12H14F10O3. The minimum absolute atomic E-state index is 0.593. The fourth-order valence-corrected chi connectivity index (χ4v) is 1.45. The number of ether oxygens (including phenoxy) is 1. The minimum atomic E-state index is -6.69. The number of esters is 1. The summed E-state index contributed by atoms with van der Waals surface area (Å²) < 4.78 is 131. The van der Waals surface area contributed by atoms with Gasteiger partial charge in [-0.05, 0) is 12.3 Å². The van der Waals surface area contributed by atoms with Gasteiger partial charge in [0, 0.05) is 0 Å². The molecule has 0 fully saturated rings. The number of aliphatic hydroxyl groups is 1. The molecule has 0 spiro atoms. The molecule has 0 aromatic heterocycles. The molecule has 0 aliphatic rings. The van der Waals surface area contributed by atoms with Crippen molar-refractivity contribution in [3.63, 3.8) is 0 Å². The zero-order valence-corrected chi connectivity index (χ0v) is 12.7. The van der Waals surface area contributed by atoms with E-state index in [1.54, 1.807) is 0 Å². The Morgan fingerprint density at radius 3 is 1.80 bits per heavy atom. The maximum absolute atomic E-state index is 13.4. The Kier molecular flexibility index (Phi) is 7.16. The second kappa shape index (κ2) is 7.54. The minimum Gasteiger partial charge on any atom is -0.455 e. The molecule has 0 rings (SSSR count). The van der Waals surface area contributed by atoms with E-state index >= 15 is 0 Å². The van der Waals surface area contributed by atoms with E-state index in [2.05, 4.69) is 4.74 Å². The van der Waals surface area contributed by atoms with Gasteiger partial charge in [-0.15, -0.1) is 0 Å². The van der Waals surface area contributed by atoms with Gasteiger partial charge < -0.3 is 9.84 Å². The first-order chi connectivity index (χ1) is 10.9. The Morgan fingerprint density at radius 1 is 1.00 bits per heavy atom. The summed E-state index contributed by atoms with van der Waals surface area (Å²) in [5.41, 5.74) is 0. The second-order valence-electron chi connectivity index (χ2n) is 5.55. The molecule has 0 aromatic rings. The summed E-state index contributed by atoms with van der Waals surface area (Å²) in [4.78, 5) is 11.0. The number of rotatable bonds is 9. The molecule has 1 unspecified atom stereocenters. The average Bonchev–Trinajstić information content (AvgIpc) is 2.43. The Labute approximate surface area is 134 Å². The normalized spacial score (nSPS) is 15.6. The summed E-state index contributed by atoms with van der Waals surface area (Å²) in [5.74, 6) is -27.6. The van der Waals surface area contributed by atoms with Crippen LogP contribution in [0.4, 0.5) is 43.9 Å². The average molecular weight is 396 g/mol. The third-order valence-electron chi connectivity index (χ3n) is 2.92. The van der Waals surface area contributed by atoms with Crippen LogP contribution < -0.4 is 0 Å². The lowest BCUT2D eigenvalue weighted by Gasteiger charge is -2.32. The van der Waals surface area contributed by atoms with E-state index in [-0.39, 0.29) is 0 Å². The van der Waals surface area contributed by atoms with Gasteiger partial charge in [0.15, 0.2) is 6.61 Å². The summed E-state index contributed by atoms with van der Waals surface area (Å²) in [6.45, 7) is -0.345. The van der Waals surface area contributed by atoms with Gasteiger partial charge in [0.05, 0.1) is 0 Å². The molecule has 25 heavy (non-hydrogen) atoms. The van der Waals surface area contributed by atoms with Gasteiger partial charge in [0.1, 0.15) is 6.10 Å². The number of halogens is 10. The van der Waals surface area contributed by atoms with Crippen molar-refractivity contribution in [2.24, 2.45) is 5.92 Å². The van der Waals surface area contributed by atoms with E-state index in [4.69, 9.17) is 5.11 Å². The summed E-state index contributed by atoms with van der Waals surface area (Å²) in [5, 5.41) is 9.10. The predicted molar refractivity (Wildman–Crippen MR) is 62.2 cm³/mol. The van der Waals surface area contributed by atoms with Crippen LogP contribution in [0.5, 0.6) is 0 Å².